The Balaban J connectivity index is 1.31. The first-order valence-electron chi connectivity index (χ1n) is 13.8. The van der Waals surface area contributed by atoms with Crippen LogP contribution in [0.5, 0.6) is 23.0 Å². The first-order chi connectivity index (χ1) is 20.2. The highest BCUT2D eigenvalue weighted by molar-refractivity contribution is 5.55. The van der Waals surface area contributed by atoms with Gasteiger partial charge in [-0.05, 0) is 46.0 Å². The van der Waals surface area contributed by atoms with Gasteiger partial charge in [0.25, 0.3) is 0 Å². The summed E-state index contributed by atoms with van der Waals surface area (Å²) in [5.41, 5.74) is 4.97. The molecule has 5 aromatic rings. The second-order valence-electron chi connectivity index (χ2n) is 10.1. The summed E-state index contributed by atoms with van der Waals surface area (Å²) < 4.78 is 25.3. The summed E-state index contributed by atoms with van der Waals surface area (Å²) in [6, 6.07) is 41.5. The van der Waals surface area contributed by atoms with Crippen LogP contribution >= 0.6 is 0 Å². The van der Waals surface area contributed by atoms with Gasteiger partial charge in [-0.1, -0.05) is 109 Å². The van der Waals surface area contributed by atoms with Crippen molar-refractivity contribution in [2.24, 2.45) is 0 Å². The van der Waals surface area contributed by atoms with Crippen molar-refractivity contribution in [3.63, 3.8) is 0 Å². The van der Waals surface area contributed by atoms with Crippen LogP contribution in [0, 0.1) is 0 Å². The summed E-state index contributed by atoms with van der Waals surface area (Å²) >= 11 is 0. The van der Waals surface area contributed by atoms with Crippen LogP contribution in [-0.2, 0) is 31.0 Å². The minimum absolute atomic E-state index is 0.0525. The highest BCUT2D eigenvalue weighted by Crippen LogP contribution is 2.48. The highest BCUT2D eigenvalue weighted by Gasteiger charge is 2.41. The van der Waals surface area contributed by atoms with Gasteiger partial charge in [-0.3, -0.25) is 0 Å². The number of hydrogen-bond acceptors (Lipinski definition) is 5. The highest BCUT2D eigenvalue weighted by atomic mass is 16.6. The maximum absolute atomic E-state index is 10.3. The molecule has 1 aliphatic heterocycles. The van der Waals surface area contributed by atoms with Crippen LogP contribution in [0.25, 0.3) is 0 Å². The van der Waals surface area contributed by atoms with Crippen molar-refractivity contribution in [2.45, 2.75) is 38.4 Å². The number of aromatic hydroxyl groups is 1. The summed E-state index contributed by atoms with van der Waals surface area (Å²) in [5, 5.41) is 10.3. The minimum Gasteiger partial charge on any atom is -0.508 e. The number of benzene rings is 5. The number of epoxide rings is 1. The fraction of sp³-hybridized carbons (Fsp3) is 0.167. The molecule has 0 radical (unpaired) electrons. The van der Waals surface area contributed by atoms with E-state index >= 15 is 0 Å². The molecule has 41 heavy (non-hydrogen) atoms. The molecule has 0 saturated carbocycles. The molecule has 1 aliphatic rings. The molecule has 5 heteroatoms. The zero-order valence-electron chi connectivity index (χ0n) is 22.7. The third kappa shape index (κ3) is 6.89. The van der Waals surface area contributed by atoms with Crippen molar-refractivity contribution in [1.29, 1.82) is 0 Å². The average molecular weight is 545 g/mol. The number of phenols is 1. The van der Waals surface area contributed by atoms with E-state index in [9.17, 15) is 5.11 Å². The van der Waals surface area contributed by atoms with E-state index in [2.05, 4.69) is 0 Å². The SMILES string of the molecule is Oc1ccccc1C[C@H]1O[C@@H]1c1cc(OCc2ccccc2)c(OCc2ccccc2)c(OCc2ccccc2)c1. The first kappa shape index (κ1) is 26.5. The zero-order valence-corrected chi connectivity index (χ0v) is 22.7. The topological polar surface area (TPSA) is 60.5 Å². The summed E-state index contributed by atoms with van der Waals surface area (Å²) in [6.45, 7) is 1.15. The lowest BCUT2D eigenvalue weighted by atomic mass is 10.0. The summed E-state index contributed by atoms with van der Waals surface area (Å²) in [5.74, 6) is 2.04. The molecular weight excluding hydrogens is 512 g/mol. The third-order valence-corrected chi connectivity index (χ3v) is 7.07. The van der Waals surface area contributed by atoms with Crippen LogP contribution in [0.2, 0.25) is 0 Å². The van der Waals surface area contributed by atoms with E-state index in [1.54, 1.807) is 6.07 Å². The Bertz CT molecular complexity index is 1490. The molecule has 0 aliphatic carbocycles. The Morgan fingerprint density at radius 1 is 0.561 bits per heavy atom. The van der Waals surface area contributed by atoms with Crippen molar-refractivity contribution < 1.29 is 24.1 Å². The number of ether oxygens (including phenoxy) is 4. The van der Waals surface area contributed by atoms with Crippen LogP contribution in [0.4, 0.5) is 0 Å². The predicted octanol–water partition coefficient (Wildman–Crippen LogP) is 7.81. The van der Waals surface area contributed by atoms with Gasteiger partial charge in [0.15, 0.2) is 11.5 Å². The molecule has 0 bridgehead atoms. The second kappa shape index (κ2) is 12.6. The third-order valence-electron chi connectivity index (χ3n) is 7.07. The number of hydrogen-bond donors (Lipinski definition) is 1. The van der Waals surface area contributed by atoms with Gasteiger partial charge in [-0.25, -0.2) is 0 Å². The summed E-state index contributed by atoms with van der Waals surface area (Å²) in [6.07, 6.45) is 0.420. The molecule has 1 saturated heterocycles. The van der Waals surface area contributed by atoms with Crippen LogP contribution in [0.3, 0.4) is 0 Å². The summed E-state index contributed by atoms with van der Waals surface area (Å²) in [4.78, 5) is 0. The van der Waals surface area contributed by atoms with Gasteiger partial charge in [-0.15, -0.1) is 0 Å². The predicted molar refractivity (Wildman–Crippen MR) is 158 cm³/mol. The lowest BCUT2D eigenvalue weighted by molar-refractivity contribution is 0.229. The monoisotopic (exact) mass is 544 g/mol. The van der Waals surface area contributed by atoms with Crippen molar-refractivity contribution in [2.75, 3.05) is 0 Å². The Morgan fingerprint density at radius 2 is 1.02 bits per heavy atom. The average Bonchev–Trinajstić information content (AvgIpc) is 3.80. The Kier molecular flexibility index (Phi) is 8.15. The van der Waals surface area contributed by atoms with Gasteiger partial charge < -0.3 is 24.1 Å². The Morgan fingerprint density at radius 3 is 1.54 bits per heavy atom. The van der Waals surface area contributed by atoms with E-state index in [0.717, 1.165) is 27.8 Å². The normalized spacial score (nSPS) is 15.7. The minimum atomic E-state index is -0.143. The van der Waals surface area contributed by atoms with Crippen LogP contribution in [0.1, 0.15) is 33.9 Å². The van der Waals surface area contributed by atoms with Crippen molar-refractivity contribution in [1.82, 2.24) is 0 Å². The second-order valence-corrected chi connectivity index (χ2v) is 10.1. The van der Waals surface area contributed by atoms with Crippen LogP contribution in [-0.4, -0.2) is 11.2 Å². The molecule has 0 amide bonds. The molecule has 1 fully saturated rings. The number of phenolic OH excluding ortho intramolecular Hbond substituents is 1. The smallest absolute Gasteiger partial charge is 0.203 e. The van der Waals surface area contributed by atoms with E-state index < -0.39 is 0 Å². The maximum atomic E-state index is 10.3. The van der Waals surface area contributed by atoms with Crippen molar-refractivity contribution in [3.05, 3.63) is 155 Å². The number of rotatable bonds is 12. The molecule has 2 atom stereocenters. The standard InChI is InChI=1S/C36H32O5/c37-31-19-11-10-18-29(31)20-34-35(41-34)30-21-32(38-23-26-12-4-1-5-13-26)36(40-25-28-16-8-3-9-17-28)33(22-30)39-24-27-14-6-2-7-15-27/h1-19,21-22,34-35,37H,20,23-25H2/t34-,35-/m1/s1. The van der Waals surface area contributed by atoms with E-state index in [0.29, 0.717) is 43.5 Å². The first-order valence-corrected chi connectivity index (χ1v) is 13.8. The molecule has 6 rings (SSSR count). The summed E-state index contributed by atoms with van der Waals surface area (Å²) in [7, 11) is 0. The molecule has 1 N–H and O–H groups in total. The van der Waals surface area contributed by atoms with E-state index in [4.69, 9.17) is 18.9 Å². The lowest BCUT2D eigenvalue weighted by Crippen LogP contribution is -2.05. The van der Waals surface area contributed by atoms with Gasteiger partial charge in [0.05, 0.1) is 6.10 Å². The van der Waals surface area contributed by atoms with E-state index in [1.807, 2.05) is 121 Å². The van der Waals surface area contributed by atoms with Crippen LogP contribution < -0.4 is 14.2 Å². The van der Waals surface area contributed by atoms with Crippen molar-refractivity contribution >= 4 is 0 Å². The Labute approximate surface area is 240 Å². The molecule has 0 unspecified atom stereocenters. The van der Waals surface area contributed by atoms with Gasteiger partial charge >= 0.3 is 0 Å². The Hall–Kier alpha value is -4.74. The van der Waals surface area contributed by atoms with E-state index in [1.165, 1.54) is 0 Å². The largest absolute Gasteiger partial charge is 0.508 e. The van der Waals surface area contributed by atoms with Gasteiger partial charge in [-0.2, -0.15) is 0 Å². The zero-order chi connectivity index (χ0) is 27.9. The molecule has 1 heterocycles. The molecular formula is C36H32O5. The van der Waals surface area contributed by atoms with Gasteiger partial charge in [0.2, 0.25) is 5.75 Å². The molecule has 206 valence electrons. The fourth-order valence-corrected chi connectivity index (χ4v) is 4.81. The van der Waals surface area contributed by atoms with E-state index in [-0.39, 0.29) is 18.0 Å². The van der Waals surface area contributed by atoms with Crippen molar-refractivity contribution in [3.8, 4) is 23.0 Å². The van der Waals surface area contributed by atoms with Gasteiger partial charge in [0, 0.05) is 6.42 Å². The molecule has 5 aromatic carbocycles. The van der Waals surface area contributed by atoms with Gasteiger partial charge in [0.1, 0.15) is 31.7 Å². The molecule has 0 aromatic heterocycles. The number of para-hydroxylation sites is 1. The quantitative estimate of drug-likeness (QED) is 0.162. The lowest BCUT2D eigenvalue weighted by Gasteiger charge is -2.19. The molecule has 0 spiro atoms. The fourth-order valence-electron chi connectivity index (χ4n) is 4.81. The van der Waals surface area contributed by atoms with Crippen LogP contribution in [0.15, 0.2) is 127 Å². The molecule has 5 nitrogen and oxygen atoms in total. The maximum Gasteiger partial charge on any atom is 0.203 e.